The van der Waals surface area contributed by atoms with Crippen molar-refractivity contribution in [3.05, 3.63) is 35.1 Å². The summed E-state index contributed by atoms with van der Waals surface area (Å²) >= 11 is 0. The van der Waals surface area contributed by atoms with Crippen molar-refractivity contribution >= 4 is 5.78 Å². The zero-order chi connectivity index (χ0) is 13.7. The van der Waals surface area contributed by atoms with E-state index < -0.39 is 5.82 Å². The Bertz CT molecular complexity index is 442. The van der Waals surface area contributed by atoms with Crippen LogP contribution >= 0.6 is 0 Å². The van der Waals surface area contributed by atoms with Gasteiger partial charge < -0.3 is 10.1 Å². The van der Waals surface area contributed by atoms with Crippen molar-refractivity contribution in [1.82, 2.24) is 5.32 Å². The molecule has 0 atom stereocenters. The Morgan fingerprint density at radius 2 is 2.16 bits per heavy atom. The van der Waals surface area contributed by atoms with Crippen LogP contribution in [-0.2, 0) is 4.74 Å². The molecule has 1 aliphatic heterocycles. The van der Waals surface area contributed by atoms with Gasteiger partial charge in [0, 0.05) is 6.42 Å². The number of hydrogen-bond donors (Lipinski definition) is 1. The number of halogens is 1. The van der Waals surface area contributed by atoms with Gasteiger partial charge in [-0.05, 0) is 45.0 Å². The third-order valence-electron chi connectivity index (χ3n) is 3.39. The Balaban J connectivity index is 1.82. The lowest BCUT2D eigenvalue weighted by Crippen LogP contribution is -2.32. The number of carbonyl (C=O) groups is 1. The molecule has 104 valence electrons. The summed E-state index contributed by atoms with van der Waals surface area (Å²) in [5, 5.41) is 3.26. The summed E-state index contributed by atoms with van der Waals surface area (Å²) in [7, 11) is 0. The molecule has 0 bridgehead atoms. The SMILES string of the molecule is Cc1ccc(F)c(C(=O)CCOC2CCNCC2)c1. The quantitative estimate of drug-likeness (QED) is 0.831. The van der Waals surface area contributed by atoms with Crippen molar-refractivity contribution in [3.63, 3.8) is 0 Å². The molecule has 1 aromatic rings. The Hall–Kier alpha value is -1.26. The maximum absolute atomic E-state index is 13.5. The molecule has 0 unspecified atom stereocenters. The van der Waals surface area contributed by atoms with Gasteiger partial charge in [-0.2, -0.15) is 0 Å². The van der Waals surface area contributed by atoms with Crippen molar-refractivity contribution in [3.8, 4) is 0 Å². The van der Waals surface area contributed by atoms with Gasteiger partial charge in [0.15, 0.2) is 5.78 Å². The molecule has 3 nitrogen and oxygen atoms in total. The van der Waals surface area contributed by atoms with Crippen molar-refractivity contribution in [2.45, 2.75) is 32.3 Å². The minimum atomic E-state index is -0.447. The molecule has 1 N–H and O–H groups in total. The zero-order valence-electron chi connectivity index (χ0n) is 11.2. The fourth-order valence-electron chi connectivity index (χ4n) is 2.27. The minimum absolute atomic E-state index is 0.175. The number of rotatable bonds is 5. The predicted molar refractivity (Wildman–Crippen MR) is 71.9 cm³/mol. The van der Waals surface area contributed by atoms with E-state index in [2.05, 4.69) is 5.32 Å². The molecule has 2 rings (SSSR count). The van der Waals surface area contributed by atoms with Crippen molar-refractivity contribution in [2.75, 3.05) is 19.7 Å². The van der Waals surface area contributed by atoms with Gasteiger partial charge in [-0.1, -0.05) is 11.6 Å². The van der Waals surface area contributed by atoms with Crippen molar-refractivity contribution in [2.24, 2.45) is 0 Å². The molecule has 4 heteroatoms. The van der Waals surface area contributed by atoms with Gasteiger partial charge in [0.25, 0.3) is 0 Å². The normalized spacial score (nSPS) is 16.5. The number of ether oxygens (including phenoxy) is 1. The molecular weight excluding hydrogens is 245 g/mol. The summed E-state index contributed by atoms with van der Waals surface area (Å²) in [5.74, 6) is -0.632. The van der Waals surface area contributed by atoms with Crippen LogP contribution in [0.25, 0.3) is 0 Å². The summed E-state index contributed by atoms with van der Waals surface area (Å²) in [5.41, 5.74) is 1.07. The smallest absolute Gasteiger partial charge is 0.168 e. The van der Waals surface area contributed by atoms with Crippen LogP contribution in [0.15, 0.2) is 18.2 Å². The van der Waals surface area contributed by atoms with E-state index in [-0.39, 0.29) is 23.9 Å². The van der Waals surface area contributed by atoms with Crippen LogP contribution in [0.2, 0.25) is 0 Å². The van der Waals surface area contributed by atoms with Crippen LogP contribution in [-0.4, -0.2) is 31.6 Å². The first kappa shape index (κ1) is 14.2. The van der Waals surface area contributed by atoms with E-state index in [0.717, 1.165) is 31.5 Å². The first-order valence-electron chi connectivity index (χ1n) is 6.78. The highest BCUT2D eigenvalue weighted by Gasteiger charge is 2.15. The van der Waals surface area contributed by atoms with E-state index in [0.29, 0.717) is 6.61 Å². The number of carbonyl (C=O) groups excluding carboxylic acids is 1. The molecule has 0 aliphatic carbocycles. The number of ketones is 1. The largest absolute Gasteiger partial charge is 0.378 e. The molecule has 1 fully saturated rings. The molecule has 0 saturated carbocycles. The summed E-state index contributed by atoms with van der Waals surface area (Å²) in [6.07, 6.45) is 2.43. The fraction of sp³-hybridized carbons (Fsp3) is 0.533. The summed E-state index contributed by atoms with van der Waals surface area (Å²) in [4.78, 5) is 11.9. The Labute approximate surface area is 113 Å². The van der Waals surface area contributed by atoms with E-state index in [9.17, 15) is 9.18 Å². The zero-order valence-corrected chi connectivity index (χ0v) is 11.2. The second kappa shape index (κ2) is 6.78. The maximum atomic E-state index is 13.5. The molecule has 0 radical (unpaired) electrons. The molecule has 0 spiro atoms. The Morgan fingerprint density at radius 3 is 2.89 bits per heavy atom. The number of aryl methyl sites for hydroxylation is 1. The van der Waals surface area contributed by atoms with E-state index in [4.69, 9.17) is 4.74 Å². The van der Waals surface area contributed by atoms with E-state index in [1.165, 1.54) is 6.07 Å². The number of benzene rings is 1. The predicted octanol–water partition coefficient (Wildman–Crippen LogP) is 2.48. The average molecular weight is 265 g/mol. The number of Topliss-reactive ketones (excluding diaryl/α,β-unsaturated/α-hetero) is 1. The van der Waals surface area contributed by atoms with Gasteiger partial charge in [-0.15, -0.1) is 0 Å². The third-order valence-corrected chi connectivity index (χ3v) is 3.39. The third kappa shape index (κ3) is 4.11. The van der Waals surface area contributed by atoms with Crippen LogP contribution in [0, 0.1) is 12.7 Å². The first-order valence-corrected chi connectivity index (χ1v) is 6.78. The van der Waals surface area contributed by atoms with Gasteiger partial charge in [-0.3, -0.25) is 4.79 Å². The second-order valence-corrected chi connectivity index (χ2v) is 4.98. The van der Waals surface area contributed by atoms with Crippen molar-refractivity contribution in [1.29, 1.82) is 0 Å². The molecule has 0 amide bonds. The molecule has 1 aromatic carbocycles. The molecule has 0 aromatic heterocycles. The highest BCUT2D eigenvalue weighted by molar-refractivity contribution is 5.96. The van der Waals surface area contributed by atoms with E-state index in [1.807, 2.05) is 6.92 Å². The summed E-state index contributed by atoms with van der Waals surface area (Å²) in [6.45, 7) is 4.15. The highest BCUT2D eigenvalue weighted by atomic mass is 19.1. The molecule has 1 heterocycles. The highest BCUT2D eigenvalue weighted by Crippen LogP contribution is 2.13. The van der Waals surface area contributed by atoms with Gasteiger partial charge in [0.05, 0.1) is 18.3 Å². The monoisotopic (exact) mass is 265 g/mol. The Kier molecular flexibility index (Phi) is 5.05. The molecular formula is C15H20FNO2. The first-order chi connectivity index (χ1) is 9.16. The average Bonchev–Trinajstić information content (AvgIpc) is 2.42. The summed E-state index contributed by atoms with van der Waals surface area (Å²) in [6, 6.07) is 4.61. The van der Waals surface area contributed by atoms with Crippen molar-refractivity contribution < 1.29 is 13.9 Å². The lowest BCUT2D eigenvalue weighted by atomic mass is 10.1. The van der Waals surface area contributed by atoms with Gasteiger partial charge in [-0.25, -0.2) is 4.39 Å². The number of nitrogens with one attached hydrogen (secondary N) is 1. The van der Waals surface area contributed by atoms with Crippen LogP contribution in [0.5, 0.6) is 0 Å². The minimum Gasteiger partial charge on any atom is -0.378 e. The van der Waals surface area contributed by atoms with Crippen LogP contribution in [0.4, 0.5) is 4.39 Å². The van der Waals surface area contributed by atoms with Crippen LogP contribution in [0.1, 0.15) is 35.2 Å². The second-order valence-electron chi connectivity index (χ2n) is 4.98. The van der Waals surface area contributed by atoms with Gasteiger partial charge >= 0.3 is 0 Å². The van der Waals surface area contributed by atoms with E-state index in [1.54, 1.807) is 12.1 Å². The molecule has 1 aliphatic rings. The topological polar surface area (TPSA) is 38.3 Å². The van der Waals surface area contributed by atoms with Gasteiger partial charge in [0.2, 0.25) is 0 Å². The number of hydrogen-bond acceptors (Lipinski definition) is 3. The number of piperidine rings is 1. The Morgan fingerprint density at radius 1 is 1.42 bits per heavy atom. The van der Waals surface area contributed by atoms with Crippen LogP contribution in [0.3, 0.4) is 0 Å². The standard InChI is InChI=1S/C15H20FNO2/c1-11-2-3-14(16)13(10-11)15(18)6-9-19-12-4-7-17-8-5-12/h2-3,10,12,17H,4-9H2,1H3. The fourth-order valence-corrected chi connectivity index (χ4v) is 2.27. The lowest BCUT2D eigenvalue weighted by Gasteiger charge is -2.22. The molecule has 19 heavy (non-hydrogen) atoms. The van der Waals surface area contributed by atoms with E-state index >= 15 is 0 Å². The maximum Gasteiger partial charge on any atom is 0.168 e. The van der Waals surface area contributed by atoms with Crippen LogP contribution < -0.4 is 5.32 Å². The summed E-state index contributed by atoms with van der Waals surface area (Å²) < 4.78 is 19.2. The van der Waals surface area contributed by atoms with Gasteiger partial charge in [0.1, 0.15) is 5.82 Å². The lowest BCUT2D eigenvalue weighted by molar-refractivity contribution is 0.0313. The molecule has 1 saturated heterocycles.